The van der Waals surface area contributed by atoms with Crippen LogP contribution >= 0.6 is 11.6 Å². The molecule has 0 spiro atoms. The van der Waals surface area contributed by atoms with Gasteiger partial charge in [-0.1, -0.05) is 29.8 Å². The molecule has 1 aromatic heterocycles. The van der Waals surface area contributed by atoms with Crippen LogP contribution in [0.15, 0.2) is 48.7 Å². The smallest absolute Gasteiger partial charge is 0.411 e. The molecule has 0 radical (unpaired) electrons. The van der Waals surface area contributed by atoms with E-state index in [1.54, 1.807) is 31.3 Å². The normalized spacial score (nSPS) is 11.0. The molecule has 0 aliphatic rings. The maximum Gasteiger partial charge on any atom is 0.411 e. The highest BCUT2D eigenvalue weighted by molar-refractivity contribution is 6.30. The van der Waals surface area contributed by atoms with Gasteiger partial charge in [-0.2, -0.15) is 0 Å². The van der Waals surface area contributed by atoms with Gasteiger partial charge in [0, 0.05) is 11.2 Å². The molecule has 5 heteroatoms. The lowest BCUT2D eigenvalue weighted by Gasteiger charge is -2.10. The molecule has 0 fully saturated rings. The van der Waals surface area contributed by atoms with Crippen LogP contribution in [0.3, 0.4) is 0 Å². The third-order valence-corrected chi connectivity index (χ3v) is 2.90. The molecule has 21 heavy (non-hydrogen) atoms. The van der Waals surface area contributed by atoms with Gasteiger partial charge in [0.15, 0.2) is 0 Å². The van der Waals surface area contributed by atoms with E-state index in [2.05, 4.69) is 10.3 Å². The fourth-order valence-electron chi connectivity index (χ4n) is 1.71. The lowest BCUT2D eigenvalue weighted by Crippen LogP contribution is -2.22. The van der Waals surface area contributed by atoms with Gasteiger partial charge in [0.05, 0.1) is 18.0 Å². The number of alkyl carbamates (subject to hydrolysis) is 1. The van der Waals surface area contributed by atoms with Crippen LogP contribution in [0.1, 0.15) is 18.2 Å². The highest BCUT2D eigenvalue weighted by Crippen LogP contribution is 2.18. The molecule has 1 amide bonds. The van der Waals surface area contributed by atoms with Gasteiger partial charge in [0.2, 0.25) is 0 Å². The third kappa shape index (κ3) is 4.61. The number of ether oxygens (including phenoxy) is 1. The van der Waals surface area contributed by atoms with Crippen LogP contribution in [0.4, 0.5) is 4.79 Å². The zero-order valence-corrected chi connectivity index (χ0v) is 12.3. The molecule has 1 heterocycles. The van der Waals surface area contributed by atoms with Crippen molar-refractivity contribution in [2.45, 2.75) is 6.92 Å². The summed E-state index contributed by atoms with van der Waals surface area (Å²) < 4.78 is 4.92. The first kappa shape index (κ1) is 15.1. The number of carbonyl (C=O) groups is 1. The van der Waals surface area contributed by atoms with Crippen molar-refractivity contribution in [1.82, 2.24) is 10.3 Å². The number of halogens is 1. The molecule has 0 unspecified atom stereocenters. The summed E-state index contributed by atoms with van der Waals surface area (Å²) in [6.07, 6.45) is 2.96. The first-order valence-corrected chi connectivity index (χ1v) is 6.89. The van der Waals surface area contributed by atoms with E-state index < -0.39 is 6.09 Å². The lowest BCUT2D eigenvalue weighted by molar-refractivity contribution is 0.157. The minimum atomic E-state index is -0.505. The first-order valence-electron chi connectivity index (χ1n) is 6.51. The number of aromatic nitrogens is 1. The number of carbonyl (C=O) groups excluding carboxylic acids is 1. The first-order chi connectivity index (χ1) is 10.2. The second kappa shape index (κ2) is 7.45. The van der Waals surface area contributed by atoms with Crippen molar-refractivity contribution in [1.29, 1.82) is 0 Å². The summed E-state index contributed by atoms with van der Waals surface area (Å²) in [5, 5.41) is 3.35. The van der Waals surface area contributed by atoms with Gasteiger partial charge in [0.1, 0.15) is 0 Å². The molecule has 4 nitrogen and oxygen atoms in total. The number of nitrogens with zero attached hydrogens (tertiary/aromatic N) is 1. The molecule has 0 aliphatic carbocycles. The molecule has 2 aromatic rings. The average molecular weight is 303 g/mol. The van der Waals surface area contributed by atoms with Gasteiger partial charge in [-0.25, -0.2) is 4.79 Å². The highest BCUT2D eigenvalue weighted by Gasteiger charge is 2.08. The maximum atomic E-state index is 11.7. The van der Waals surface area contributed by atoms with E-state index in [0.717, 1.165) is 11.3 Å². The summed E-state index contributed by atoms with van der Waals surface area (Å²) in [7, 11) is 0. The van der Waals surface area contributed by atoms with Crippen LogP contribution in [0, 0.1) is 0 Å². The maximum absolute atomic E-state index is 11.7. The van der Waals surface area contributed by atoms with Crippen molar-refractivity contribution < 1.29 is 9.53 Å². The Morgan fingerprint density at radius 1 is 1.29 bits per heavy atom. The number of pyridine rings is 1. The number of hydrogen-bond donors (Lipinski definition) is 1. The zero-order chi connectivity index (χ0) is 15.1. The molecule has 0 bridgehead atoms. The Bertz CT molecular complexity index is 624. The van der Waals surface area contributed by atoms with Gasteiger partial charge in [-0.15, -0.1) is 0 Å². The minimum Gasteiger partial charge on any atom is -0.450 e. The number of amides is 1. The summed E-state index contributed by atoms with van der Waals surface area (Å²) in [4.78, 5) is 15.9. The summed E-state index contributed by atoms with van der Waals surface area (Å²) >= 11 is 5.89. The SMILES string of the molecule is CCOC(=O)NC(=Cc1ccccn1)c1ccc(Cl)cc1. The Balaban J connectivity index is 2.32. The summed E-state index contributed by atoms with van der Waals surface area (Å²) in [6, 6.07) is 12.7. The number of benzene rings is 1. The highest BCUT2D eigenvalue weighted by atomic mass is 35.5. The predicted molar refractivity (Wildman–Crippen MR) is 83.7 cm³/mol. The number of hydrogen-bond acceptors (Lipinski definition) is 3. The average Bonchev–Trinajstić information content (AvgIpc) is 2.49. The van der Waals surface area contributed by atoms with Crippen LogP contribution in [-0.4, -0.2) is 17.7 Å². The second-order valence-corrected chi connectivity index (χ2v) is 4.60. The Morgan fingerprint density at radius 3 is 2.67 bits per heavy atom. The Labute approximate surface area is 128 Å². The Hall–Kier alpha value is -2.33. The van der Waals surface area contributed by atoms with E-state index in [4.69, 9.17) is 16.3 Å². The fourth-order valence-corrected chi connectivity index (χ4v) is 1.83. The molecular formula is C16H15ClN2O2. The molecule has 0 aliphatic heterocycles. The predicted octanol–water partition coefficient (Wildman–Crippen LogP) is 3.98. The number of rotatable bonds is 4. The molecule has 108 valence electrons. The standard InChI is InChI=1S/C16H15ClN2O2/c1-2-21-16(20)19-15(11-14-5-3-4-10-18-14)12-6-8-13(17)9-7-12/h3-11H,2H2,1H3,(H,19,20). The van der Waals surface area contributed by atoms with Crippen LogP contribution in [0.2, 0.25) is 5.02 Å². The summed E-state index contributed by atoms with van der Waals surface area (Å²) in [5.74, 6) is 0. The van der Waals surface area contributed by atoms with Crippen molar-refractivity contribution in [3.8, 4) is 0 Å². The molecular weight excluding hydrogens is 288 g/mol. The largest absolute Gasteiger partial charge is 0.450 e. The molecule has 0 saturated heterocycles. The van der Waals surface area contributed by atoms with Crippen LogP contribution < -0.4 is 5.32 Å². The van der Waals surface area contributed by atoms with Crippen molar-refractivity contribution in [3.63, 3.8) is 0 Å². The quantitative estimate of drug-likeness (QED) is 0.929. The molecule has 1 aromatic carbocycles. The minimum absolute atomic E-state index is 0.309. The van der Waals surface area contributed by atoms with Gasteiger partial charge in [-0.05, 0) is 42.8 Å². The third-order valence-electron chi connectivity index (χ3n) is 2.65. The van der Waals surface area contributed by atoms with Crippen LogP contribution in [-0.2, 0) is 4.74 Å². The second-order valence-electron chi connectivity index (χ2n) is 4.16. The van der Waals surface area contributed by atoms with Crippen molar-refractivity contribution in [3.05, 3.63) is 64.9 Å². The van der Waals surface area contributed by atoms with E-state index in [9.17, 15) is 4.79 Å². The molecule has 0 saturated carbocycles. The van der Waals surface area contributed by atoms with Crippen LogP contribution in [0.5, 0.6) is 0 Å². The zero-order valence-electron chi connectivity index (χ0n) is 11.5. The lowest BCUT2D eigenvalue weighted by atomic mass is 10.1. The monoisotopic (exact) mass is 302 g/mol. The summed E-state index contributed by atoms with van der Waals surface area (Å²) in [6.45, 7) is 2.06. The van der Waals surface area contributed by atoms with Crippen LogP contribution in [0.25, 0.3) is 11.8 Å². The Morgan fingerprint density at radius 2 is 2.05 bits per heavy atom. The number of nitrogens with one attached hydrogen (secondary N) is 1. The van der Waals surface area contributed by atoms with Crippen molar-refractivity contribution in [2.75, 3.05) is 6.61 Å². The molecule has 0 atom stereocenters. The van der Waals surface area contributed by atoms with Gasteiger partial charge >= 0.3 is 6.09 Å². The molecule has 1 N–H and O–H groups in total. The molecule has 2 rings (SSSR count). The van der Waals surface area contributed by atoms with Gasteiger partial charge in [-0.3, -0.25) is 10.3 Å². The van der Waals surface area contributed by atoms with Gasteiger partial charge in [0.25, 0.3) is 0 Å². The fraction of sp³-hybridized carbons (Fsp3) is 0.125. The van der Waals surface area contributed by atoms with Crippen molar-refractivity contribution >= 4 is 29.5 Å². The van der Waals surface area contributed by atoms with E-state index in [-0.39, 0.29) is 0 Å². The van der Waals surface area contributed by atoms with E-state index in [1.165, 1.54) is 0 Å². The topological polar surface area (TPSA) is 51.2 Å². The van der Waals surface area contributed by atoms with Crippen molar-refractivity contribution in [2.24, 2.45) is 0 Å². The van der Waals surface area contributed by atoms with Gasteiger partial charge < -0.3 is 4.74 Å². The van der Waals surface area contributed by atoms with E-state index >= 15 is 0 Å². The van der Waals surface area contributed by atoms with E-state index in [0.29, 0.717) is 17.3 Å². The van der Waals surface area contributed by atoms with E-state index in [1.807, 2.05) is 30.3 Å². The summed E-state index contributed by atoms with van der Waals surface area (Å²) in [5.41, 5.74) is 2.15. The Kier molecular flexibility index (Phi) is 5.35.